The molecule has 0 bridgehead atoms. The van der Waals surface area contributed by atoms with Gasteiger partial charge in [-0.05, 0) is 30.5 Å². The van der Waals surface area contributed by atoms with Gasteiger partial charge in [0.2, 0.25) is 5.28 Å². The molecule has 1 aliphatic carbocycles. The highest BCUT2D eigenvalue weighted by Gasteiger charge is 2.24. The molecule has 2 aromatic heterocycles. The van der Waals surface area contributed by atoms with Gasteiger partial charge in [-0.15, -0.1) is 0 Å². The van der Waals surface area contributed by atoms with Crippen LogP contribution in [0.1, 0.15) is 49.1 Å². The van der Waals surface area contributed by atoms with Gasteiger partial charge in [0.1, 0.15) is 5.65 Å². The summed E-state index contributed by atoms with van der Waals surface area (Å²) in [7, 11) is 0. The summed E-state index contributed by atoms with van der Waals surface area (Å²) in [5, 5.41) is 1.12. The zero-order chi connectivity index (χ0) is 12.7. The number of hydrogen-bond acceptors (Lipinski definition) is 3. The lowest BCUT2D eigenvalue weighted by Gasteiger charge is -2.15. The van der Waals surface area contributed by atoms with Crippen LogP contribution in [0.4, 0.5) is 0 Å². The summed E-state index contributed by atoms with van der Waals surface area (Å²) in [5.74, 6) is 0.0658. The Bertz CT molecular complexity index is 614. The molecule has 18 heavy (non-hydrogen) atoms. The van der Waals surface area contributed by atoms with Gasteiger partial charge in [0.05, 0.1) is 5.69 Å². The van der Waals surface area contributed by atoms with Crippen molar-refractivity contribution < 1.29 is 4.79 Å². The Morgan fingerprint density at radius 2 is 2.17 bits per heavy atom. The second-order valence-corrected chi connectivity index (χ2v) is 5.15. The summed E-state index contributed by atoms with van der Waals surface area (Å²) < 4.78 is 2.05. The standard InChI is InChI=1S/C13H14ClN3O/c1-8(18)11-6-9-7-15-13(14)16-12(9)17(11)10-4-2-3-5-10/h6-7,10H,2-5H2,1H3. The summed E-state index contributed by atoms with van der Waals surface area (Å²) in [6, 6.07) is 2.24. The van der Waals surface area contributed by atoms with Crippen LogP contribution < -0.4 is 0 Å². The van der Waals surface area contributed by atoms with E-state index in [1.165, 1.54) is 12.8 Å². The predicted molar refractivity (Wildman–Crippen MR) is 70.0 cm³/mol. The number of halogens is 1. The fraction of sp³-hybridized carbons (Fsp3) is 0.462. The first-order valence-electron chi connectivity index (χ1n) is 6.21. The van der Waals surface area contributed by atoms with Crippen LogP contribution in [-0.4, -0.2) is 20.3 Å². The Kier molecular flexibility index (Phi) is 2.82. The molecule has 1 aliphatic rings. The zero-order valence-corrected chi connectivity index (χ0v) is 10.9. The fourth-order valence-electron chi connectivity index (χ4n) is 2.79. The Morgan fingerprint density at radius 1 is 1.44 bits per heavy atom. The average molecular weight is 264 g/mol. The van der Waals surface area contributed by atoms with E-state index in [1.54, 1.807) is 13.1 Å². The van der Waals surface area contributed by atoms with Gasteiger partial charge in [0.15, 0.2) is 5.78 Å². The number of nitrogens with zero attached hydrogens (tertiary/aromatic N) is 3. The molecule has 0 N–H and O–H groups in total. The van der Waals surface area contributed by atoms with Crippen molar-refractivity contribution in [1.29, 1.82) is 0 Å². The fourth-order valence-corrected chi connectivity index (χ4v) is 2.92. The lowest BCUT2D eigenvalue weighted by Crippen LogP contribution is -2.12. The molecule has 1 fully saturated rings. The van der Waals surface area contributed by atoms with Crippen molar-refractivity contribution in [2.24, 2.45) is 0 Å². The number of Topliss-reactive ketones (excluding diaryl/α,β-unsaturated/α-hetero) is 1. The number of aromatic nitrogens is 3. The van der Waals surface area contributed by atoms with E-state index in [9.17, 15) is 4.79 Å². The highest BCUT2D eigenvalue weighted by molar-refractivity contribution is 6.28. The van der Waals surface area contributed by atoms with Crippen molar-refractivity contribution in [2.75, 3.05) is 0 Å². The maximum atomic E-state index is 11.8. The SMILES string of the molecule is CC(=O)c1cc2cnc(Cl)nc2n1C1CCCC1. The summed E-state index contributed by atoms with van der Waals surface area (Å²) in [4.78, 5) is 20.0. The molecule has 0 atom stereocenters. The quantitative estimate of drug-likeness (QED) is 0.616. The van der Waals surface area contributed by atoms with Gasteiger partial charge in [0, 0.05) is 24.5 Å². The van der Waals surface area contributed by atoms with E-state index in [0.29, 0.717) is 11.7 Å². The Hall–Kier alpha value is -1.42. The van der Waals surface area contributed by atoms with Gasteiger partial charge < -0.3 is 4.57 Å². The Balaban J connectivity index is 2.26. The van der Waals surface area contributed by atoms with E-state index < -0.39 is 0 Å². The molecule has 0 aliphatic heterocycles. The number of fused-ring (bicyclic) bond motifs is 1. The van der Waals surface area contributed by atoms with Crippen molar-refractivity contribution in [3.63, 3.8) is 0 Å². The van der Waals surface area contributed by atoms with E-state index in [1.807, 2.05) is 6.07 Å². The van der Waals surface area contributed by atoms with Crippen LogP contribution in [0.2, 0.25) is 5.28 Å². The molecule has 0 radical (unpaired) electrons. The summed E-state index contributed by atoms with van der Waals surface area (Å²) in [6.07, 6.45) is 6.31. The Labute approximate surface area is 110 Å². The summed E-state index contributed by atoms with van der Waals surface area (Å²) in [5.41, 5.74) is 1.50. The lowest BCUT2D eigenvalue weighted by atomic mass is 10.2. The average Bonchev–Trinajstić information content (AvgIpc) is 2.93. The van der Waals surface area contributed by atoms with Crippen molar-refractivity contribution in [3.05, 3.63) is 23.2 Å². The molecule has 0 unspecified atom stereocenters. The third kappa shape index (κ3) is 1.81. The third-order valence-electron chi connectivity index (χ3n) is 3.60. The topological polar surface area (TPSA) is 47.8 Å². The van der Waals surface area contributed by atoms with Gasteiger partial charge in [0.25, 0.3) is 0 Å². The van der Waals surface area contributed by atoms with Gasteiger partial charge in [-0.1, -0.05) is 12.8 Å². The Morgan fingerprint density at radius 3 is 2.83 bits per heavy atom. The van der Waals surface area contributed by atoms with E-state index in [2.05, 4.69) is 14.5 Å². The third-order valence-corrected chi connectivity index (χ3v) is 3.78. The molecule has 0 amide bonds. The predicted octanol–water partition coefficient (Wildman–Crippen LogP) is 3.40. The van der Waals surface area contributed by atoms with Crippen LogP contribution in [-0.2, 0) is 0 Å². The van der Waals surface area contributed by atoms with Crippen molar-refractivity contribution in [1.82, 2.24) is 14.5 Å². The molecule has 2 heterocycles. The van der Waals surface area contributed by atoms with Gasteiger partial charge in [-0.2, -0.15) is 4.98 Å². The van der Waals surface area contributed by atoms with Crippen LogP contribution in [0.3, 0.4) is 0 Å². The highest BCUT2D eigenvalue weighted by atomic mass is 35.5. The summed E-state index contributed by atoms with van der Waals surface area (Å²) in [6.45, 7) is 1.59. The van der Waals surface area contributed by atoms with Gasteiger partial charge in [-0.25, -0.2) is 4.98 Å². The van der Waals surface area contributed by atoms with Crippen LogP contribution in [0, 0.1) is 0 Å². The normalized spacial score (nSPS) is 16.6. The molecular weight excluding hydrogens is 250 g/mol. The highest BCUT2D eigenvalue weighted by Crippen LogP contribution is 2.34. The molecule has 5 heteroatoms. The molecular formula is C13H14ClN3O. The second-order valence-electron chi connectivity index (χ2n) is 4.81. The molecule has 2 aromatic rings. The smallest absolute Gasteiger partial charge is 0.224 e. The monoisotopic (exact) mass is 263 g/mol. The minimum Gasteiger partial charge on any atom is -0.320 e. The van der Waals surface area contributed by atoms with Gasteiger partial charge >= 0.3 is 0 Å². The van der Waals surface area contributed by atoms with Gasteiger partial charge in [-0.3, -0.25) is 4.79 Å². The number of carbonyl (C=O) groups is 1. The maximum Gasteiger partial charge on any atom is 0.224 e. The first-order valence-corrected chi connectivity index (χ1v) is 6.59. The molecule has 94 valence electrons. The van der Waals surface area contributed by atoms with E-state index in [-0.39, 0.29) is 11.1 Å². The van der Waals surface area contributed by atoms with Crippen molar-refractivity contribution in [2.45, 2.75) is 38.6 Å². The molecule has 1 saturated carbocycles. The number of ketones is 1. The molecule has 0 spiro atoms. The molecule has 4 nitrogen and oxygen atoms in total. The van der Waals surface area contributed by atoms with Crippen LogP contribution in [0.25, 0.3) is 11.0 Å². The van der Waals surface area contributed by atoms with E-state index in [4.69, 9.17) is 11.6 Å². The number of hydrogen-bond donors (Lipinski definition) is 0. The first-order chi connectivity index (χ1) is 8.66. The maximum absolute atomic E-state index is 11.8. The minimum absolute atomic E-state index is 0.0658. The van der Waals surface area contributed by atoms with Crippen molar-refractivity contribution >= 4 is 28.4 Å². The van der Waals surface area contributed by atoms with E-state index >= 15 is 0 Å². The summed E-state index contributed by atoms with van der Waals surface area (Å²) >= 11 is 5.87. The van der Waals surface area contributed by atoms with Crippen LogP contribution >= 0.6 is 11.6 Å². The van der Waals surface area contributed by atoms with Crippen molar-refractivity contribution in [3.8, 4) is 0 Å². The first kappa shape index (κ1) is 11.7. The number of rotatable bonds is 2. The number of carbonyl (C=O) groups excluding carboxylic acids is 1. The molecule has 0 aromatic carbocycles. The van der Waals surface area contributed by atoms with E-state index in [0.717, 1.165) is 23.9 Å². The zero-order valence-electron chi connectivity index (χ0n) is 10.2. The second kappa shape index (κ2) is 4.35. The largest absolute Gasteiger partial charge is 0.320 e. The van der Waals surface area contributed by atoms with Crippen LogP contribution in [0.5, 0.6) is 0 Å². The molecule has 0 saturated heterocycles. The lowest BCUT2D eigenvalue weighted by molar-refractivity contribution is 0.100. The molecule has 3 rings (SSSR count). The van der Waals surface area contributed by atoms with Crippen LogP contribution in [0.15, 0.2) is 12.3 Å². The minimum atomic E-state index is 0.0658.